The lowest BCUT2D eigenvalue weighted by atomic mass is 9.43. The summed E-state index contributed by atoms with van der Waals surface area (Å²) >= 11 is 0. The molecule has 4 aliphatic rings. The standard InChI is InChI=1S/C54H39BN2O2/c1-53(2)38-18-9-10-19-39(38)54(3,4)41-31-44-37(29-40(41)53)49-50-45(30-36-35-17-8-12-22-46(35)59-52(36)49)56-43-21-11-13-23-47(43)58-48-24-14-20-42(51(48)56)55(50)57(44)34-27-25-33(26-28-34)32-15-6-5-7-16-32/h5-31H,1-4H3. The summed E-state index contributed by atoms with van der Waals surface area (Å²) in [4.78, 5) is 5.07. The zero-order chi connectivity index (χ0) is 39.4. The minimum absolute atomic E-state index is 0.183. The van der Waals surface area contributed by atoms with Crippen molar-refractivity contribution in [3.63, 3.8) is 0 Å². The Bertz CT molecular complexity index is 3270. The molecule has 0 amide bonds. The first-order chi connectivity index (χ1) is 28.8. The van der Waals surface area contributed by atoms with Gasteiger partial charge in [0.15, 0.2) is 11.5 Å². The van der Waals surface area contributed by atoms with E-state index in [1.54, 1.807) is 0 Å². The van der Waals surface area contributed by atoms with Crippen molar-refractivity contribution in [2.45, 2.75) is 38.5 Å². The number of hydrogen-bond donors (Lipinski definition) is 0. The van der Waals surface area contributed by atoms with Gasteiger partial charge in [0, 0.05) is 49.8 Å². The normalized spacial score (nSPS) is 15.8. The molecule has 0 N–H and O–H groups in total. The largest absolute Gasteiger partial charge is 0.455 e. The van der Waals surface area contributed by atoms with Gasteiger partial charge in [-0.3, -0.25) is 0 Å². The fraction of sp³-hybridized carbons (Fsp3) is 0.111. The van der Waals surface area contributed by atoms with Crippen molar-refractivity contribution in [2.75, 3.05) is 9.71 Å². The molecule has 0 unspecified atom stereocenters. The van der Waals surface area contributed by atoms with Gasteiger partial charge in [0.25, 0.3) is 0 Å². The van der Waals surface area contributed by atoms with Gasteiger partial charge in [-0.25, -0.2) is 0 Å². The highest BCUT2D eigenvalue weighted by atomic mass is 16.5. The molecule has 0 spiro atoms. The van der Waals surface area contributed by atoms with E-state index in [0.717, 1.165) is 56.2 Å². The number of fused-ring (bicyclic) bond motifs is 12. The lowest BCUT2D eigenvalue weighted by Crippen LogP contribution is -2.62. The van der Waals surface area contributed by atoms with Crippen LogP contribution in [0, 0.1) is 0 Å². The summed E-state index contributed by atoms with van der Waals surface area (Å²) < 4.78 is 13.9. The molecule has 59 heavy (non-hydrogen) atoms. The van der Waals surface area contributed by atoms with E-state index in [1.807, 2.05) is 0 Å². The third kappa shape index (κ3) is 4.24. The first-order valence-electron chi connectivity index (χ1n) is 20.7. The molecule has 8 aromatic carbocycles. The van der Waals surface area contributed by atoms with Gasteiger partial charge in [0.05, 0.1) is 11.4 Å². The Kier molecular flexibility index (Phi) is 6.36. The van der Waals surface area contributed by atoms with Crippen molar-refractivity contribution in [1.82, 2.24) is 0 Å². The van der Waals surface area contributed by atoms with Crippen molar-refractivity contribution in [2.24, 2.45) is 0 Å². The van der Waals surface area contributed by atoms with Crippen LogP contribution in [0.15, 0.2) is 168 Å². The number of furan rings is 1. The highest BCUT2D eigenvalue weighted by Crippen LogP contribution is 2.58. The van der Waals surface area contributed by atoms with Crippen molar-refractivity contribution in [3.8, 4) is 33.8 Å². The minimum atomic E-state index is -0.234. The zero-order valence-corrected chi connectivity index (χ0v) is 33.4. The molecule has 3 aliphatic heterocycles. The Morgan fingerprint density at radius 2 is 1.17 bits per heavy atom. The quantitative estimate of drug-likeness (QED) is 0.164. The second-order valence-corrected chi connectivity index (χ2v) is 17.7. The molecule has 0 bridgehead atoms. The Morgan fingerprint density at radius 1 is 0.508 bits per heavy atom. The summed E-state index contributed by atoms with van der Waals surface area (Å²) in [5.41, 5.74) is 19.6. The Morgan fingerprint density at radius 3 is 1.97 bits per heavy atom. The van der Waals surface area contributed by atoms with Crippen LogP contribution in [0.25, 0.3) is 44.2 Å². The summed E-state index contributed by atoms with van der Waals surface area (Å²) in [7, 11) is 0. The second-order valence-electron chi connectivity index (χ2n) is 17.7. The molecule has 0 atom stereocenters. The van der Waals surface area contributed by atoms with Crippen LogP contribution in [0.4, 0.5) is 28.4 Å². The monoisotopic (exact) mass is 758 g/mol. The predicted octanol–water partition coefficient (Wildman–Crippen LogP) is 13.0. The van der Waals surface area contributed by atoms with Crippen LogP contribution in [-0.4, -0.2) is 6.85 Å². The summed E-state index contributed by atoms with van der Waals surface area (Å²) in [6.45, 7) is 9.42. The molecule has 0 saturated carbocycles. The maximum absolute atomic E-state index is 7.08. The van der Waals surface area contributed by atoms with Crippen LogP contribution in [0.1, 0.15) is 49.9 Å². The van der Waals surface area contributed by atoms with Gasteiger partial charge in [0.1, 0.15) is 11.2 Å². The topological polar surface area (TPSA) is 28.9 Å². The number of rotatable bonds is 2. The lowest BCUT2D eigenvalue weighted by molar-refractivity contribution is 0.477. The fourth-order valence-electron chi connectivity index (χ4n) is 11.1. The molecule has 0 radical (unpaired) electrons. The first kappa shape index (κ1) is 33.0. The fourth-order valence-corrected chi connectivity index (χ4v) is 11.1. The van der Waals surface area contributed by atoms with Crippen LogP contribution in [0.2, 0.25) is 0 Å². The summed E-state index contributed by atoms with van der Waals surface area (Å²) in [6.07, 6.45) is 0. The smallest absolute Gasteiger partial charge is 0.333 e. The second kappa shape index (κ2) is 11.4. The molecular formula is C54H39BN2O2. The van der Waals surface area contributed by atoms with Crippen LogP contribution in [0.3, 0.4) is 0 Å². The Labute approximate surface area is 344 Å². The van der Waals surface area contributed by atoms with E-state index in [-0.39, 0.29) is 17.7 Å². The van der Waals surface area contributed by atoms with Crippen LogP contribution in [0.5, 0.6) is 11.5 Å². The van der Waals surface area contributed by atoms with E-state index < -0.39 is 0 Å². The van der Waals surface area contributed by atoms with E-state index in [9.17, 15) is 0 Å². The molecular weight excluding hydrogens is 719 g/mol. The van der Waals surface area contributed by atoms with Crippen LogP contribution >= 0.6 is 0 Å². The summed E-state index contributed by atoms with van der Waals surface area (Å²) in [5, 5.41) is 2.24. The van der Waals surface area contributed by atoms with Gasteiger partial charge in [-0.2, -0.15) is 0 Å². The molecule has 1 aromatic heterocycles. The van der Waals surface area contributed by atoms with Crippen LogP contribution < -0.4 is 25.4 Å². The zero-order valence-electron chi connectivity index (χ0n) is 33.4. The molecule has 280 valence electrons. The molecule has 4 heterocycles. The van der Waals surface area contributed by atoms with Crippen molar-refractivity contribution in [3.05, 3.63) is 186 Å². The number of anilines is 5. The number of para-hydroxylation sites is 4. The minimum Gasteiger partial charge on any atom is -0.455 e. The van der Waals surface area contributed by atoms with Gasteiger partial charge < -0.3 is 18.9 Å². The van der Waals surface area contributed by atoms with E-state index in [1.165, 1.54) is 61.1 Å². The van der Waals surface area contributed by atoms with Gasteiger partial charge in [0.2, 0.25) is 0 Å². The van der Waals surface area contributed by atoms with Crippen molar-refractivity contribution >= 4 is 68.1 Å². The molecule has 9 aromatic rings. The van der Waals surface area contributed by atoms with Gasteiger partial charge in [-0.15, -0.1) is 0 Å². The molecule has 0 saturated heterocycles. The number of nitrogens with zero attached hydrogens (tertiary/aromatic N) is 2. The summed E-state index contributed by atoms with van der Waals surface area (Å²) in [5.74, 6) is 1.71. The van der Waals surface area contributed by atoms with E-state index in [4.69, 9.17) is 9.15 Å². The van der Waals surface area contributed by atoms with E-state index >= 15 is 0 Å². The third-order valence-corrected chi connectivity index (χ3v) is 13.9. The third-order valence-electron chi connectivity index (χ3n) is 13.9. The maximum Gasteiger partial charge on any atom is 0.333 e. The average Bonchev–Trinajstić information content (AvgIpc) is 3.65. The summed E-state index contributed by atoms with van der Waals surface area (Å²) in [6, 6.07) is 59.9. The molecule has 13 rings (SSSR count). The van der Waals surface area contributed by atoms with Gasteiger partial charge in [-0.1, -0.05) is 137 Å². The average molecular weight is 759 g/mol. The first-order valence-corrected chi connectivity index (χ1v) is 20.7. The SMILES string of the molecule is CC1(C)c2ccccc2C(C)(C)c2cc3c(cc21)-c1c2c(cc4c1oc1ccccc14)N1c4ccccc4Oc4cccc(c41)B2N3c1ccc(-c2ccccc2)cc1. The van der Waals surface area contributed by atoms with Gasteiger partial charge in [-0.05, 0) is 98.9 Å². The number of hydrogen-bond acceptors (Lipinski definition) is 4. The molecule has 0 fully saturated rings. The highest BCUT2D eigenvalue weighted by molar-refractivity contribution is 6.94. The number of benzene rings is 8. The highest BCUT2D eigenvalue weighted by Gasteiger charge is 2.50. The molecule has 4 nitrogen and oxygen atoms in total. The van der Waals surface area contributed by atoms with Crippen molar-refractivity contribution < 1.29 is 9.15 Å². The predicted molar refractivity (Wildman–Crippen MR) is 244 cm³/mol. The Hall–Kier alpha value is -6.98. The molecule has 5 heteroatoms. The Balaban J connectivity index is 1.19. The van der Waals surface area contributed by atoms with E-state index in [0.29, 0.717) is 0 Å². The van der Waals surface area contributed by atoms with Crippen molar-refractivity contribution in [1.29, 1.82) is 0 Å². The molecule has 1 aliphatic carbocycles. The number of ether oxygens (including phenoxy) is 1. The van der Waals surface area contributed by atoms with Crippen LogP contribution in [-0.2, 0) is 10.8 Å². The maximum atomic E-state index is 7.08. The van der Waals surface area contributed by atoms with Gasteiger partial charge >= 0.3 is 6.85 Å². The van der Waals surface area contributed by atoms with E-state index in [2.05, 4.69) is 201 Å². The lowest BCUT2D eigenvalue weighted by Gasteiger charge is -2.49.